The average molecular weight is 292 g/mol. The first kappa shape index (κ1) is 14.9. The number of hydrogen-bond donors (Lipinski definition) is 1. The van der Waals surface area contributed by atoms with Crippen molar-refractivity contribution in [2.75, 3.05) is 5.32 Å². The van der Waals surface area contributed by atoms with Gasteiger partial charge in [-0.05, 0) is 62.6 Å². The van der Waals surface area contributed by atoms with E-state index in [4.69, 9.17) is 11.6 Å². The lowest BCUT2D eigenvalue weighted by Gasteiger charge is -2.21. The SMILES string of the molecule is Cc1cc(C)c(C(C)Nc2cc(F)ccc2Cl)c(C)c1. The molecular formula is C17H19ClFN. The Kier molecular flexibility index (Phi) is 4.34. The summed E-state index contributed by atoms with van der Waals surface area (Å²) in [6, 6.07) is 8.75. The number of nitrogens with one attached hydrogen (secondary N) is 1. The van der Waals surface area contributed by atoms with Gasteiger partial charge in [-0.1, -0.05) is 29.3 Å². The van der Waals surface area contributed by atoms with Gasteiger partial charge in [-0.15, -0.1) is 0 Å². The maximum Gasteiger partial charge on any atom is 0.125 e. The van der Waals surface area contributed by atoms with Crippen molar-refractivity contribution in [3.63, 3.8) is 0 Å². The topological polar surface area (TPSA) is 12.0 Å². The molecular weight excluding hydrogens is 273 g/mol. The van der Waals surface area contributed by atoms with Crippen LogP contribution in [0.25, 0.3) is 0 Å². The van der Waals surface area contributed by atoms with Gasteiger partial charge in [-0.25, -0.2) is 4.39 Å². The molecule has 0 heterocycles. The third kappa shape index (κ3) is 3.13. The summed E-state index contributed by atoms with van der Waals surface area (Å²) in [5.74, 6) is -0.290. The fraction of sp³-hybridized carbons (Fsp3) is 0.294. The summed E-state index contributed by atoms with van der Waals surface area (Å²) in [5.41, 5.74) is 5.57. The van der Waals surface area contributed by atoms with E-state index in [2.05, 4.69) is 45.1 Å². The highest BCUT2D eigenvalue weighted by Crippen LogP contribution is 2.30. The fourth-order valence-electron chi connectivity index (χ4n) is 2.79. The molecule has 1 unspecified atom stereocenters. The van der Waals surface area contributed by atoms with E-state index in [0.29, 0.717) is 10.7 Å². The fourth-order valence-corrected chi connectivity index (χ4v) is 2.96. The minimum Gasteiger partial charge on any atom is -0.377 e. The zero-order valence-corrected chi connectivity index (χ0v) is 13.0. The van der Waals surface area contributed by atoms with Crippen molar-refractivity contribution < 1.29 is 4.39 Å². The predicted octanol–water partition coefficient (Wildman–Crippen LogP) is 5.58. The number of benzene rings is 2. The zero-order chi connectivity index (χ0) is 14.9. The van der Waals surface area contributed by atoms with Gasteiger partial charge in [0.1, 0.15) is 5.82 Å². The Morgan fingerprint density at radius 1 is 1.05 bits per heavy atom. The van der Waals surface area contributed by atoms with Crippen molar-refractivity contribution in [2.24, 2.45) is 0 Å². The Bertz CT molecular complexity index is 614. The third-order valence-corrected chi connectivity index (χ3v) is 3.80. The summed E-state index contributed by atoms with van der Waals surface area (Å²) in [6.45, 7) is 8.35. The van der Waals surface area contributed by atoms with Crippen LogP contribution in [0.4, 0.5) is 10.1 Å². The van der Waals surface area contributed by atoms with Crippen LogP contribution >= 0.6 is 11.6 Å². The van der Waals surface area contributed by atoms with E-state index >= 15 is 0 Å². The number of anilines is 1. The molecule has 2 rings (SSSR count). The Labute approximate surface area is 124 Å². The Morgan fingerprint density at radius 3 is 2.25 bits per heavy atom. The van der Waals surface area contributed by atoms with E-state index in [-0.39, 0.29) is 11.9 Å². The van der Waals surface area contributed by atoms with Crippen molar-refractivity contribution >= 4 is 17.3 Å². The predicted molar refractivity (Wildman–Crippen MR) is 84.1 cm³/mol. The molecule has 0 aromatic heterocycles. The molecule has 0 aliphatic heterocycles. The molecule has 0 radical (unpaired) electrons. The molecule has 106 valence electrons. The van der Waals surface area contributed by atoms with Crippen LogP contribution in [0.1, 0.15) is 35.2 Å². The Hall–Kier alpha value is -1.54. The second kappa shape index (κ2) is 5.84. The van der Waals surface area contributed by atoms with Crippen LogP contribution in [0.3, 0.4) is 0 Å². The standard InChI is InChI=1S/C17H19ClFN/c1-10-7-11(2)17(12(3)8-10)13(4)20-16-9-14(19)5-6-15(16)18/h5-9,13,20H,1-4H3. The van der Waals surface area contributed by atoms with Crippen molar-refractivity contribution in [1.29, 1.82) is 0 Å². The van der Waals surface area contributed by atoms with Crippen LogP contribution in [-0.2, 0) is 0 Å². The summed E-state index contributed by atoms with van der Waals surface area (Å²) >= 11 is 6.10. The summed E-state index contributed by atoms with van der Waals surface area (Å²) in [7, 11) is 0. The van der Waals surface area contributed by atoms with Gasteiger partial charge in [-0.2, -0.15) is 0 Å². The van der Waals surface area contributed by atoms with E-state index in [0.717, 1.165) is 0 Å². The molecule has 1 atom stereocenters. The maximum atomic E-state index is 13.3. The minimum atomic E-state index is -0.290. The van der Waals surface area contributed by atoms with Gasteiger partial charge < -0.3 is 5.32 Å². The lowest BCUT2D eigenvalue weighted by molar-refractivity contribution is 0.628. The van der Waals surface area contributed by atoms with Gasteiger partial charge >= 0.3 is 0 Å². The van der Waals surface area contributed by atoms with Crippen LogP contribution < -0.4 is 5.32 Å². The van der Waals surface area contributed by atoms with Gasteiger partial charge in [0.25, 0.3) is 0 Å². The highest BCUT2D eigenvalue weighted by Gasteiger charge is 2.13. The van der Waals surface area contributed by atoms with Gasteiger partial charge in [0, 0.05) is 6.04 Å². The summed E-state index contributed by atoms with van der Waals surface area (Å²) < 4.78 is 13.3. The molecule has 3 heteroatoms. The van der Waals surface area contributed by atoms with Crippen molar-refractivity contribution in [1.82, 2.24) is 0 Å². The molecule has 0 fully saturated rings. The highest BCUT2D eigenvalue weighted by molar-refractivity contribution is 6.33. The zero-order valence-electron chi connectivity index (χ0n) is 12.2. The molecule has 0 saturated carbocycles. The van der Waals surface area contributed by atoms with Crippen LogP contribution in [0.5, 0.6) is 0 Å². The largest absolute Gasteiger partial charge is 0.377 e. The van der Waals surface area contributed by atoms with Gasteiger partial charge in [0.2, 0.25) is 0 Å². The molecule has 2 aromatic carbocycles. The van der Waals surface area contributed by atoms with E-state index < -0.39 is 0 Å². The van der Waals surface area contributed by atoms with Crippen LogP contribution in [0.2, 0.25) is 5.02 Å². The van der Waals surface area contributed by atoms with E-state index in [1.807, 2.05) is 0 Å². The lowest BCUT2D eigenvalue weighted by atomic mass is 9.95. The molecule has 1 N–H and O–H groups in total. The average Bonchev–Trinajstić information content (AvgIpc) is 2.32. The first-order valence-electron chi connectivity index (χ1n) is 6.68. The third-order valence-electron chi connectivity index (χ3n) is 3.47. The molecule has 0 saturated heterocycles. The van der Waals surface area contributed by atoms with Gasteiger partial charge in [-0.3, -0.25) is 0 Å². The number of rotatable bonds is 3. The molecule has 20 heavy (non-hydrogen) atoms. The summed E-state index contributed by atoms with van der Waals surface area (Å²) in [6.07, 6.45) is 0. The van der Waals surface area contributed by atoms with E-state index in [1.54, 1.807) is 6.07 Å². The van der Waals surface area contributed by atoms with Gasteiger partial charge in [0.05, 0.1) is 10.7 Å². The van der Waals surface area contributed by atoms with Crippen molar-refractivity contribution in [2.45, 2.75) is 33.7 Å². The highest BCUT2D eigenvalue weighted by atomic mass is 35.5. The van der Waals surface area contributed by atoms with E-state index in [9.17, 15) is 4.39 Å². The van der Waals surface area contributed by atoms with Crippen LogP contribution in [0.15, 0.2) is 30.3 Å². The Balaban J connectivity index is 2.33. The first-order valence-corrected chi connectivity index (χ1v) is 7.05. The molecule has 0 aliphatic carbocycles. The summed E-state index contributed by atoms with van der Waals surface area (Å²) in [5, 5.41) is 3.82. The Morgan fingerprint density at radius 2 is 1.65 bits per heavy atom. The molecule has 0 bridgehead atoms. The number of aryl methyl sites for hydroxylation is 3. The number of hydrogen-bond acceptors (Lipinski definition) is 1. The second-order valence-corrected chi connectivity index (χ2v) is 5.71. The second-order valence-electron chi connectivity index (χ2n) is 5.30. The molecule has 0 aliphatic rings. The molecule has 0 spiro atoms. The minimum absolute atomic E-state index is 0.0647. The van der Waals surface area contributed by atoms with Crippen molar-refractivity contribution in [3.8, 4) is 0 Å². The lowest BCUT2D eigenvalue weighted by Crippen LogP contribution is -2.10. The van der Waals surface area contributed by atoms with Crippen LogP contribution in [0, 0.1) is 26.6 Å². The van der Waals surface area contributed by atoms with E-state index in [1.165, 1.54) is 34.4 Å². The van der Waals surface area contributed by atoms with Gasteiger partial charge in [0.15, 0.2) is 0 Å². The monoisotopic (exact) mass is 291 g/mol. The molecule has 1 nitrogen and oxygen atoms in total. The molecule has 0 amide bonds. The first-order chi connectivity index (χ1) is 9.38. The smallest absolute Gasteiger partial charge is 0.125 e. The summed E-state index contributed by atoms with van der Waals surface area (Å²) in [4.78, 5) is 0. The number of halogens is 2. The van der Waals surface area contributed by atoms with Crippen LogP contribution in [-0.4, -0.2) is 0 Å². The molecule has 2 aromatic rings. The maximum absolute atomic E-state index is 13.3. The normalized spacial score (nSPS) is 12.3. The van der Waals surface area contributed by atoms with Crippen molar-refractivity contribution in [3.05, 3.63) is 63.4 Å². The quantitative estimate of drug-likeness (QED) is 0.778.